The Labute approximate surface area is 608 Å². The molecule has 2 unspecified atom stereocenters. The second kappa shape index (κ2) is 37.9. The summed E-state index contributed by atoms with van der Waals surface area (Å²) >= 11 is 0. The first-order valence-corrected chi connectivity index (χ1v) is 40.1. The minimum Gasteiger partial charge on any atom is -0.748 e. The minimum absolute atomic E-state index is 0.0192. The second-order valence-corrected chi connectivity index (χ2v) is 31.5. The molecule has 1 aliphatic carbocycles. The normalized spacial score (nSPS) is 17.4. The van der Waals surface area contributed by atoms with Crippen molar-refractivity contribution >= 4 is 107 Å². The lowest BCUT2D eigenvalue weighted by Crippen LogP contribution is -2.79. The van der Waals surface area contributed by atoms with Gasteiger partial charge in [-0.25, -0.2) is 46.9 Å². The molecule has 0 spiro atoms. The number of rotatable bonds is 48. The molecule has 0 saturated carbocycles. The molecule has 3 aliphatic rings. The molecule has 4 aromatic rings. The van der Waals surface area contributed by atoms with Gasteiger partial charge in [-0.3, -0.25) is 14.4 Å². The van der Waals surface area contributed by atoms with Crippen LogP contribution < -0.4 is 10.2 Å². The molecule has 0 bridgehead atoms. The van der Waals surface area contributed by atoms with Gasteiger partial charge in [0.2, 0.25) is 5.78 Å². The summed E-state index contributed by atoms with van der Waals surface area (Å²) < 4.78 is 246. The number of allylic oxidation sites excluding steroid dienone is 6. The fraction of sp³-hybridized carbons (Fsp3) is 0.515. The highest BCUT2D eigenvalue weighted by atomic mass is 32.2. The summed E-state index contributed by atoms with van der Waals surface area (Å²) in [5.74, 6) is -5.32. The van der Waals surface area contributed by atoms with Gasteiger partial charge in [0.15, 0.2) is 0 Å². The van der Waals surface area contributed by atoms with Crippen LogP contribution in [-0.2, 0) is 133 Å². The topological polar surface area (TPSA) is 499 Å². The van der Waals surface area contributed by atoms with Gasteiger partial charge in [0, 0.05) is 85.6 Å². The van der Waals surface area contributed by atoms with Gasteiger partial charge in [-0.15, -0.1) is 5.06 Å². The van der Waals surface area contributed by atoms with E-state index >= 15 is 4.79 Å². The standard InChI is InChI=1S/C66H87N3O31S5/c1-44(65(2,15-7-37-101(75,76)77)61-49-39-45(102(78,79)80)41-55(104(84,85)86)47(49)9-11-53(61)67-17-20-93-26-28-97-33-34-99-36-35-98-32-30-95-24-22-91-5)38-51-63(73)52(64(51)74)43-57-66(3,16-19-92-25-27-96-31-29-94-23-21-90-4)62-50-40-46(103(81,82)83)42-56(105(87,88)89)48(50)10-12-54(62)68(57)18-6-8-60(72)100-69-58(70)13-14-59(69)71/h9-12,38-43,67,73H,1,6-8,13-37H2,2-5H3,(H,75,76,77)(H,78,79,80)(H,81,82,83)(H,84,85,86)(H,87,88,89)/p-4. The molecule has 39 heteroatoms. The van der Waals surface area contributed by atoms with E-state index in [0.717, 1.165) is 30.3 Å². The Bertz CT molecular complexity index is 4530. The van der Waals surface area contributed by atoms with Crippen molar-refractivity contribution in [2.45, 2.75) is 89.2 Å². The number of benzene rings is 4. The third-order valence-electron chi connectivity index (χ3n) is 17.3. The zero-order chi connectivity index (χ0) is 77.1. The van der Waals surface area contributed by atoms with Crippen LogP contribution >= 0.6 is 0 Å². The Kier molecular flexibility index (Phi) is 30.9. The van der Waals surface area contributed by atoms with Gasteiger partial charge < -0.3 is 90.3 Å². The zero-order valence-corrected chi connectivity index (χ0v) is 62.1. The summed E-state index contributed by atoms with van der Waals surface area (Å²) in [7, 11) is -24.3. The number of hydrogen-bond acceptors (Lipinski definition) is 32. The van der Waals surface area contributed by atoms with E-state index in [4.69, 9.17) is 52.2 Å². The van der Waals surface area contributed by atoms with E-state index in [2.05, 4.69) is 6.58 Å². The average molecular weight is 1570 g/mol. The lowest BCUT2D eigenvalue weighted by atomic mass is 9.69. The zero-order valence-electron chi connectivity index (χ0n) is 58.0. The third-order valence-corrected chi connectivity index (χ3v) is 21.5. The molecule has 1 fully saturated rings. The smallest absolute Gasteiger partial charge is 0.333 e. The number of Topliss-reactive ketones (excluding diaryl/α,β-unsaturated/α-hetero) is 1. The first-order chi connectivity index (χ1) is 49.5. The minimum atomic E-state index is -5.62. The number of aliphatic hydroxyl groups is 1. The van der Waals surface area contributed by atoms with Crippen LogP contribution in [0, 0.1) is 0 Å². The molecule has 1 saturated heterocycles. The van der Waals surface area contributed by atoms with Crippen LogP contribution in [0.25, 0.3) is 21.5 Å². The Hall–Kier alpha value is -6.65. The van der Waals surface area contributed by atoms with Crippen LogP contribution in [0.2, 0.25) is 0 Å². The largest absolute Gasteiger partial charge is 0.748 e. The van der Waals surface area contributed by atoms with Crippen LogP contribution in [0.5, 0.6) is 0 Å². The first kappa shape index (κ1) is 85.6. The van der Waals surface area contributed by atoms with Crippen molar-refractivity contribution in [3.05, 3.63) is 107 Å². The van der Waals surface area contributed by atoms with Crippen molar-refractivity contribution < 1.29 is 147 Å². The fourth-order valence-corrected chi connectivity index (χ4v) is 15.3. The van der Waals surface area contributed by atoms with Crippen LogP contribution in [0.1, 0.15) is 69.9 Å². The van der Waals surface area contributed by atoms with E-state index in [1.54, 1.807) is 19.4 Å². The molecule has 2 atom stereocenters. The predicted octanol–water partition coefficient (Wildman–Crippen LogP) is 2.13. The number of amides is 2. The Morgan fingerprint density at radius 1 is 0.610 bits per heavy atom. The number of quaternary nitrogens is 1. The summed E-state index contributed by atoms with van der Waals surface area (Å²) in [5.41, 5.74) is -4.47. The molecule has 2 aliphatic heterocycles. The number of methoxy groups -OCH3 is 2. The van der Waals surface area contributed by atoms with Crippen molar-refractivity contribution in [2.24, 2.45) is 0 Å². The molecule has 105 heavy (non-hydrogen) atoms. The van der Waals surface area contributed by atoms with Crippen LogP contribution in [-0.4, -0.2) is 251 Å². The number of fused-ring (bicyclic) bond motifs is 4. The molecule has 7 rings (SSSR count). The number of carbonyl (C=O) groups is 4. The maximum absolute atomic E-state index is 15.0. The summed E-state index contributed by atoms with van der Waals surface area (Å²) in [4.78, 5) is 55.2. The lowest BCUT2D eigenvalue weighted by Gasteiger charge is -2.35. The summed E-state index contributed by atoms with van der Waals surface area (Å²) in [6, 6.07) is 7.49. The SMILES string of the molecule is C=C(C=C1C(=O)C(C=C2N(CCCC(=O)ON3C(=O)CCC3=O)c3ccc4c(S(=O)(=O)[O-])cc(S(=O)(=O)[O-])cc4c3C2(C)CCOCCOCCOCCOC)=C1O)C(C)(CCCS(=O)(=O)[O-])c1c([NH2+]CCOCCOCCOCCOCCOCCOC)ccc2c(S(=O)(=O)[O-])cc(S(=O)(=O)[O-])cc12. The van der Waals surface area contributed by atoms with Crippen molar-refractivity contribution in [3.8, 4) is 0 Å². The molecule has 582 valence electrons. The van der Waals surface area contributed by atoms with Crippen LogP contribution in [0.15, 0.2) is 115 Å². The van der Waals surface area contributed by atoms with Crippen molar-refractivity contribution in [1.82, 2.24) is 5.06 Å². The number of nitrogens with zero attached hydrogens (tertiary/aromatic N) is 2. The first-order valence-electron chi connectivity index (χ1n) is 32.9. The van der Waals surface area contributed by atoms with Crippen molar-refractivity contribution in [3.63, 3.8) is 0 Å². The molecule has 0 radical (unpaired) electrons. The molecule has 0 aromatic heterocycles. The third kappa shape index (κ3) is 23.0. The Balaban J connectivity index is 1.30. The van der Waals surface area contributed by atoms with Crippen LogP contribution in [0.3, 0.4) is 0 Å². The molecule has 4 aromatic carbocycles. The average Bonchev–Trinajstić information content (AvgIpc) is 1.60. The number of imide groups is 1. The number of carbonyl (C=O) groups excluding carboxylic acids is 4. The van der Waals surface area contributed by atoms with Crippen molar-refractivity contribution in [1.29, 1.82) is 0 Å². The maximum Gasteiger partial charge on any atom is 0.333 e. The van der Waals surface area contributed by atoms with Gasteiger partial charge in [0.1, 0.15) is 58.5 Å². The number of anilines is 1. The highest BCUT2D eigenvalue weighted by Crippen LogP contribution is 2.55. The number of hydroxylamine groups is 2. The van der Waals surface area contributed by atoms with E-state index < -0.39 is 152 Å². The van der Waals surface area contributed by atoms with E-state index in [1.807, 2.05) is 0 Å². The number of hydrogen-bond donors (Lipinski definition) is 2. The van der Waals surface area contributed by atoms with E-state index in [0.29, 0.717) is 70.1 Å². The van der Waals surface area contributed by atoms with Crippen LogP contribution in [0.4, 0.5) is 11.4 Å². The second-order valence-electron chi connectivity index (χ2n) is 24.5. The highest BCUT2D eigenvalue weighted by molar-refractivity contribution is 7.87. The molecular weight excluding hydrogens is 1490 g/mol. The van der Waals surface area contributed by atoms with E-state index in [1.165, 1.54) is 37.1 Å². The number of nitrogens with two attached hydrogens (primary N) is 1. The van der Waals surface area contributed by atoms with E-state index in [-0.39, 0.29) is 155 Å². The maximum atomic E-state index is 15.0. The number of ketones is 1. The quantitative estimate of drug-likeness (QED) is 0.0210. The summed E-state index contributed by atoms with van der Waals surface area (Å²) in [5, 5.41) is 12.8. The van der Waals surface area contributed by atoms with Gasteiger partial charge >= 0.3 is 5.97 Å². The van der Waals surface area contributed by atoms with Gasteiger partial charge in [-0.05, 0) is 115 Å². The fourth-order valence-electron chi connectivity index (χ4n) is 12.1. The summed E-state index contributed by atoms with van der Waals surface area (Å²) in [6.45, 7) is 10.7. The molecular formula is C66H83N3O31S5-4. The molecule has 2 amide bonds. The Morgan fingerprint density at radius 2 is 1.07 bits per heavy atom. The Morgan fingerprint density at radius 3 is 1.53 bits per heavy atom. The number of ether oxygens (including phenoxy) is 10. The van der Waals surface area contributed by atoms with Gasteiger partial charge in [-0.2, -0.15) is 0 Å². The lowest BCUT2D eigenvalue weighted by molar-refractivity contribution is -0.574. The van der Waals surface area contributed by atoms with Crippen molar-refractivity contribution in [2.75, 3.05) is 157 Å². The molecule has 34 nitrogen and oxygen atoms in total. The molecule has 3 N–H and O–H groups in total. The van der Waals surface area contributed by atoms with Gasteiger partial charge in [0.25, 0.3) is 11.8 Å². The predicted molar refractivity (Wildman–Crippen MR) is 363 cm³/mol. The molecule has 2 heterocycles. The monoisotopic (exact) mass is 1570 g/mol. The number of aliphatic hydroxyl groups excluding tert-OH is 1. The van der Waals surface area contributed by atoms with Gasteiger partial charge in [-0.1, -0.05) is 19.6 Å². The van der Waals surface area contributed by atoms with E-state index in [9.17, 15) is 84.3 Å². The summed E-state index contributed by atoms with van der Waals surface area (Å²) in [6.07, 6.45) is 0.0314. The highest BCUT2D eigenvalue weighted by Gasteiger charge is 2.47. The van der Waals surface area contributed by atoms with Gasteiger partial charge in [0.05, 0.1) is 153 Å².